The first kappa shape index (κ1) is 23.8. The van der Waals surface area contributed by atoms with Crippen molar-refractivity contribution < 1.29 is 18.1 Å². The molecular weight excluding hydrogens is 468 g/mol. The Hall–Kier alpha value is -3.92. The Bertz CT molecular complexity index is 1460. The van der Waals surface area contributed by atoms with Crippen LogP contribution in [-0.4, -0.2) is 51.2 Å². The maximum Gasteiger partial charge on any atom is 0.251 e. The largest absolute Gasteiger partial charge is 0.349 e. The molecule has 186 valence electrons. The Balaban J connectivity index is 1.15. The Labute approximate surface area is 205 Å². The van der Waals surface area contributed by atoms with Gasteiger partial charge in [-0.05, 0) is 37.1 Å². The van der Waals surface area contributed by atoms with Crippen LogP contribution in [0, 0.1) is 18.6 Å². The van der Waals surface area contributed by atoms with Gasteiger partial charge >= 0.3 is 0 Å². The fourth-order valence-corrected chi connectivity index (χ4v) is 4.55. The molecule has 1 aliphatic rings. The maximum atomic E-state index is 14.1. The van der Waals surface area contributed by atoms with Crippen molar-refractivity contribution >= 4 is 16.8 Å². The highest BCUT2D eigenvalue weighted by Gasteiger charge is 2.21. The predicted molar refractivity (Wildman–Crippen MR) is 130 cm³/mol. The number of amides is 1. The van der Waals surface area contributed by atoms with Gasteiger partial charge in [-0.15, -0.1) is 0 Å². The lowest BCUT2D eigenvalue weighted by atomic mass is 10.0. The lowest BCUT2D eigenvalue weighted by molar-refractivity contribution is 0.0910. The van der Waals surface area contributed by atoms with E-state index >= 15 is 0 Å². The van der Waals surface area contributed by atoms with Crippen LogP contribution < -0.4 is 10.9 Å². The number of piperidine rings is 1. The summed E-state index contributed by atoms with van der Waals surface area (Å²) in [7, 11) is 0. The van der Waals surface area contributed by atoms with Crippen LogP contribution in [0.2, 0.25) is 0 Å². The molecule has 0 atom stereocenters. The lowest BCUT2D eigenvalue weighted by Crippen LogP contribution is -2.45. The lowest BCUT2D eigenvalue weighted by Gasteiger charge is -2.32. The fraction of sp³-hybridized carbons (Fsp3) is 0.308. The SMILES string of the molecule is Cc1nc(-c2ccc(C(=O)NC3CCN(CCn4c(=O)ccc5c(F)cc(F)cc54)CC3)cc2)no1. The van der Waals surface area contributed by atoms with Crippen LogP contribution in [0.3, 0.4) is 0 Å². The monoisotopic (exact) mass is 493 g/mol. The number of fused-ring (bicyclic) bond motifs is 1. The molecule has 5 rings (SSSR count). The molecule has 0 bridgehead atoms. The maximum absolute atomic E-state index is 14.1. The molecular formula is C26H25F2N5O3. The smallest absolute Gasteiger partial charge is 0.251 e. The van der Waals surface area contributed by atoms with Gasteiger partial charge in [0.25, 0.3) is 11.5 Å². The molecule has 4 aromatic rings. The van der Waals surface area contributed by atoms with Gasteiger partial charge in [0.05, 0.1) is 5.52 Å². The quantitative estimate of drug-likeness (QED) is 0.442. The van der Waals surface area contributed by atoms with Crippen molar-refractivity contribution in [2.75, 3.05) is 19.6 Å². The van der Waals surface area contributed by atoms with Crippen molar-refractivity contribution in [3.8, 4) is 11.4 Å². The van der Waals surface area contributed by atoms with Crippen LogP contribution in [0.5, 0.6) is 0 Å². The van der Waals surface area contributed by atoms with Gasteiger partial charge in [-0.25, -0.2) is 8.78 Å². The summed E-state index contributed by atoms with van der Waals surface area (Å²) in [5.74, 6) is -0.584. The van der Waals surface area contributed by atoms with Gasteiger partial charge in [-0.1, -0.05) is 17.3 Å². The molecule has 3 heterocycles. The third kappa shape index (κ3) is 5.03. The molecule has 1 aliphatic heterocycles. The molecule has 36 heavy (non-hydrogen) atoms. The molecule has 2 aromatic heterocycles. The van der Waals surface area contributed by atoms with E-state index in [4.69, 9.17) is 4.52 Å². The van der Waals surface area contributed by atoms with Crippen molar-refractivity contribution in [2.45, 2.75) is 32.4 Å². The van der Waals surface area contributed by atoms with Crippen molar-refractivity contribution in [1.29, 1.82) is 0 Å². The van der Waals surface area contributed by atoms with Crippen molar-refractivity contribution in [3.05, 3.63) is 82.0 Å². The molecule has 0 spiro atoms. The summed E-state index contributed by atoms with van der Waals surface area (Å²) in [6.45, 7) is 4.08. The van der Waals surface area contributed by atoms with Gasteiger partial charge in [-0.3, -0.25) is 9.59 Å². The van der Waals surface area contributed by atoms with E-state index < -0.39 is 11.6 Å². The molecule has 10 heteroatoms. The summed E-state index contributed by atoms with van der Waals surface area (Å²) >= 11 is 0. The predicted octanol–water partition coefficient (Wildman–Crippen LogP) is 3.53. The van der Waals surface area contributed by atoms with Crippen LogP contribution in [0.1, 0.15) is 29.1 Å². The number of hydrogen-bond acceptors (Lipinski definition) is 6. The second kappa shape index (κ2) is 9.98. The molecule has 0 aliphatic carbocycles. The summed E-state index contributed by atoms with van der Waals surface area (Å²) in [4.78, 5) is 31.4. The van der Waals surface area contributed by atoms with Gasteiger partial charge in [0.15, 0.2) is 0 Å². The molecule has 2 aromatic carbocycles. The second-order valence-electron chi connectivity index (χ2n) is 8.95. The molecule has 0 unspecified atom stereocenters. The Kier molecular flexibility index (Phi) is 6.60. The summed E-state index contributed by atoms with van der Waals surface area (Å²) in [6.07, 6.45) is 1.53. The highest BCUT2D eigenvalue weighted by atomic mass is 19.1. The number of carbonyl (C=O) groups excluding carboxylic acids is 1. The number of rotatable bonds is 6. The van der Waals surface area contributed by atoms with Crippen LogP contribution >= 0.6 is 0 Å². The van der Waals surface area contributed by atoms with E-state index in [2.05, 4.69) is 20.4 Å². The van der Waals surface area contributed by atoms with E-state index in [1.807, 2.05) is 0 Å². The highest BCUT2D eigenvalue weighted by Crippen LogP contribution is 2.19. The van der Waals surface area contributed by atoms with Gasteiger partial charge in [0.2, 0.25) is 11.7 Å². The van der Waals surface area contributed by atoms with Crippen LogP contribution in [0.4, 0.5) is 8.78 Å². The Morgan fingerprint density at radius 2 is 1.83 bits per heavy atom. The third-order valence-electron chi connectivity index (χ3n) is 6.52. The Morgan fingerprint density at radius 3 is 2.53 bits per heavy atom. The van der Waals surface area contributed by atoms with Crippen LogP contribution in [0.25, 0.3) is 22.3 Å². The minimum Gasteiger partial charge on any atom is -0.349 e. The summed E-state index contributed by atoms with van der Waals surface area (Å²) in [5.41, 5.74) is 1.28. The Morgan fingerprint density at radius 1 is 1.08 bits per heavy atom. The van der Waals surface area contributed by atoms with E-state index in [1.54, 1.807) is 31.2 Å². The fourth-order valence-electron chi connectivity index (χ4n) is 4.55. The van der Waals surface area contributed by atoms with E-state index in [0.29, 0.717) is 30.4 Å². The van der Waals surface area contributed by atoms with E-state index in [9.17, 15) is 18.4 Å². The zero-order valence-electron chi connectivity index (χ0n) is 19.7. The van der Waals surface area contributed by atoms with E-state index in [-0.39, 0.29) is 28.4 Å². The number of aryl methyl sites for hydroxylation is 1. The number of halogens is 2. The normalized spacial score (nSPS) is 14.9. The standard InChI is InChI=1S/C26H25F2N5O3/c1-16-29-25(31-36-16)17-2-4-18(5-3-17)26(35)30-20-8-10-32(11-9-20)12-13-33-23-15-19(27)14-22(28)21(23)6-7-24(33)34/h2-7,14-15,20H,8-13H2,1H3,(H,30,35). The average molecular weight is 494 g/mol. The number of hydrogen-bond donors (Lipinski definition) is 1. The topological polar surface area (TPSA) is 93.3 Å². The van der Waals surface area contributed by atoms with Gasteiger partial charge < -0.3 is 19.3 Å². The summed E-state index contributed by atoms with van der Waals surface area (Å²) < 4.78 is 34.3. The number of likely N-dealkylation sites (tertiary alicyclic amines) is 1. The minimum absolute atomic E-state index is 0.0387. The molecule has 1 N–H and O–H groups in total. The summed E-state index contributed by atoms with van der Waals surface area (Å²) in [5, 5.41) is 7.18. The van der Waals surface area contributed by atoms with Crippen LogP contribution in [0.15, 0.2) is 57.8 Å². The van der Waals surface area contributed by atoms with Crippen LogP contribution in [-0.2, 0) is 6.54 Å². The zero-order valence-corrected chi connectivity index (χ0v) is 19.7. The first-order valence-electron chi connectivity index (χ1n) is 11.8. The minimum atomic E-state index is -0.713. The zero-order chi connectivity index (χ0) is 25.2. The van der Waals surface area contributed by atoms with Gasteiger partial charge in [0.1, 0.15) is 11.6 Å². The number of nitrogens with one attached hydrogen (secondary N) is 1. The molecule has 1 fully saturated rings. The summed E-state index contributed by atoms with van der Waals surface area (Å²) in [6, 6.07) is 11.8. The molecule has 1 saturated heterocycles. The first-order valence-corrected chi connectivity index (χ1v) is 11.8. The van der Waals surface area contributed by atoms with Gasteiger partial charge in [-0.2, -0.15) is 4.98 Å². The number of aromatic nitrogens is 3. The number of pyridine rings is 1. The number of carbonyl (C=O) groups is 1. The molecule has 1 amide bonds. The molecule has 0 radical (unpaired) electrons. The second-order valence-corrected chi connectivity index (χ2v) is 8.95. The highest BCUT2D eigenvalue weighted by molar-refractivity contribution is 5.94. The van der Waals surface area contributed by atoms with Crippen molar-refractivity contribution in [1.82, 2.24) is 24.9 Å². The van der Waals surface area contributed by atoms with E-state index in [0.717, 1.165) is 37.6 Å². The van der Waals surface area contributed by atoms with E-state index in [1.165, 1.54) is 22.8 Å². The van der Waals surface area contributed by atoms with Crippen molar-refractivity contribution in [2.24, 2.45) is 0 Å². The average Bonchev–Trinajstić information content (AvgIpc) is 3.30. The van der Waals surface area contributed by atoms with Crippen molar-refractivity contribution in [3.63, 3.8) is 0 Å². The van der Waals surface area contributed by atoms with Gasteiger partial charge in [0, 0.05) is 67.8 Å². The first-order chi connectivity index (χ1) is 17.4. The molecule has 0 saturated carbocycles. The third-order valence-corrected chi connectivity index (χ3v) is 6.52. The number of nitrogens with zero attached hydrogens (tertiary/aromatic N) is 4. The molecule has 8 nitrogen and oxygen atoms in total. The number of benzene rings is 2.